The first-order valence-corrected chi connectivity index (χ1v) is 3.68. The lowest BCUT2D eigenvalue weighted by atomic mass is 9.90. The van der Waals surface area contributed by atoms with Crippen molar-refractivity contribution >= 4 is 11.8 Å². The summed E-state index contributed by atoms with van der Waals surface area (Å²) in [6.07, 6.45) is 5.15. The van der Waals surface area contributed by atoms with E-state index in [9.17, 15) is 9.59 Å². The first-order valence-electron chi connectivity index (χ1n) is 3.68. The summed E-state index contributed by atoms with van der Waals surface area (Å²) in [6, 6.07) is 0. The molecule has 2 amide bonds. The summed E-state index contributed by atoms with van der Waals surface area (Å²) in [5.41, 5.74) is -0.939. The number of hydrogen-bond donors (Lipinski definition) is 1. The van der Waals surface area contributed by atoms with Crippen LogP contribution in [0.2, 0.25) is 0 Å². The predicted octanol–water partition coefficient (Wildman–Crippen LogP) is -0.518. The van der Waals surface area contributed by atoms with Crippen molar-refractivity contribution < 1.29 is 14.3 Å². The molecule has 1 N–H and O–H groups in total. The van der Waals surface area contributed by atoms with Crippen LogP contribution in [0.3, 0.4) is 0 Å². The SMILES string of the molecule is O=C1NC(=O)C23OC2=CC=CC13. The molecule has 12 heavy (non-hydrogen) atoms. The van der Waals surface area contributed by atoms with Crippen molar-refractivity contribution in [2.45, 2.75) is 5.60 Å². The molecule has 0 aromatic heterocycles. The van der Waals surface area contributed by atoms with Gasteiger partial charge in [-0.3, -0.25) is 14.9 Å². The zero-order valence-electron chi connectivity index (χ0n) is 6.03. The predicted molar refractivity (Wildman–Crippen MR) is 37.7 cm³/mol. The molecular formula is C8H5NO3. The Kier molecular flexibility index (Phi) is 0.727. The number of imide groups is 1. The summed E-state index contributed by atoms with van der Waals surface area (Å²) in [4.78, 5) is 22.4. The van der Waals surface area contributed by atoms with Gasteiger partial charge in [0.05, 0.1) is 0 Å². The number of hydrogen-bond acceptors (Lipinski definition) is 3. The lowest BCUT2D eigenvalue weighted by Crippen LogP contribution is -2.28. The minimum Gasteiger partial charge on any atom is -0.468 e. The third-order valence-electron chi connectivity index (χ3n) is 2.44. The molecule has 0 bridgehead atoms. The van der Waals surface area contributed by atoms with Crippen molar-refractivity contribution in [2.75, 3.05) is 0 Å². The molecule has 2 atom stereocenters. The van der Waals surface area contributed by atoms with Gasteiger partial charge in [-0.25, -0.2) is 0 Å². The van der Waals surface area contributed by atoms with E-state index < -0.39 is 11.5 Å². The fraction of sp³-hybridized carbons (Fsp3) is 0.250. The van der Waals surface area contributed by atoms with Gasteiger partial charge in [0.2, 0.25) is 5.91 Å². The first-order chi connectivity index (χ1) is 5.75. The standard InChI is InChI=1S/C8H5NO3/c10-6-4-2-1-3-5-8(4,12-5)7(11)9-6/h1-4H,(H,9,10,11). The lowest BCUT2D eigenvalue weighted by molar-refractivity contribution is -0.126. The van der Waals surface area contributed by atoms with E-state index in [1.165, 1.54) is 0 Å². The second kappa shape index (κ2) is 1.46. The number of ether oxygens (including phenoxy) is 1. The molecule has 2 aliphatic heterocycles. The minimum absolute atomic E-state index is 0.264. The fourth-order valence-electron chi connectivity index (χ4n) is 1.77. The maximum Gasteiger partial charge on any atom is 0.279 e. The molecule has 0 aromatic carbocycles. The summed E-state index contributed by atoms with van der Waals surface area (Å²) < 4.78 is 5.14. The largest absolute Gasteiger partial charge is 0.468 e. The average molecular weight is 163 g/mol. The normalized spacial score (nSPS) is 41.0. The Hall–Kier alpha value is -1.58. The van der Waals surface area contributed by atoms with Crippen LogP contribution in [-0.4, -0.2) is 17.4 Å². The van der Waals surface area contributed by atoms with Crippen LogP contribution >= 0.6 is 0 Å². The van der Waals surface area contributed by atoms with E-state index in [1.807, 2.05) is 0 Å². The summed E-state index contributed by atoms with van der Waals surface area (Å²) in [5.74, 6) is -0.421. The van der Waals surface area contributed by atoms with Gasteiger partial charge in [0.25, 0.3) is 11.5 Å². The number of amides is 2. The molecule has 1 aliphatic carbocycles. The van der Waals surface area contributed by atoms with Gasteiger partial charge in [-0.2, -0.15) is 0 Å². The molecule has 0 aromatic rings. The van der Waals surface area contributed by atoms with Crippen LogP contribution in [0.15, 0.2) is 24.0 Å². The highest BCUT2D eigenvalue weighted by Crippen LogP contribution is 2.52. The summed E-state index contributed by atoms with van der Waals surface area (Å²) in [5, 5.41) is 2.25. The van der Waals surface area contributed by atoms with Gasteiger partial charge in [0, 0.05) is 0 Å². The average Bonchev–Trinajstić information content (AvgIpc) is 2.72. The van der Waals surface area contributed by atoms with E-state index in [0.717, 1.165) is 0 Å². The Balaban J connectivity index is 2.19. The van der Waals surface area contributed by atoms with E-state index in [0.29, 0.717) is 5.76 Å². The smallest absolute Gasteiger partial charge is 0.279 e. The monoisotopic (exact) mass is 163 g/mol. The number of allylic oxidation sites excluding steroid dienone is 2. The molecule has 4 heteroatoms. The molecule has 4 nitrogen and oxygen atoms in total. The molecule has 1 spiro atoms. The van der Waals surface area contributed by atoms with Crippen LogP contribution < -0.4 is 5.32 Å². The van der Waals surface area contributed by atoms with Crippen molar-refractivity contribution in [1.29, 1.82) is 0 Å². The number of nitrogens with one attached hydrogen (secondary N) is 1. The van der Waals surface area contributed by atoms with Crippen molar-refractivity contribution in [2.24, 2.45) is 5.92 Å². The van der Waals surface area contributed by atoms with Gasteiger partial charge in [-0.05, 0) is 6.08 Å². The molecular weight excluding hydrogens is 158 g/mol. The van der Waals surface area contributed by atoms with Crippen molar-refractivity contribution in [1.82, 2.24) is 5.32 Å². The zero-order chi connectivity index (χ0) is 8.34. The Morgan fingerprint density at radius 2 is 2.33 bits per heavy atom. The Labute approximate surface area is 67.9 Å². The Bertz CT molecular complexity index is 368. The number of rotatable bonds is 0. The third-order valence-corrected chi connectivity index (χ3v) is 2.44. The fourth-order valence-corrected chi connectivity index (χ4v) is 1.77. The van der Waals surface area contributed by atoms with Gasteiger partial charge in [-0.1, -0.05) is 12.2 Å². The van der Waals surface area contributed by atoms with Crippen LogP contribution in [0.5, 0.6) is 0 Å². The number of epoxide rings is 1. The summed E-state index contributed by atoms with van der Waals surface area (Å²) >= 11 is 0. The van der Waals surface area contributed by atoms with Crippen LogP contribution in [0.1, 0.15) is 0 Å². The molecule has 60 valence electrons. The zero-order valence-corrected chi connectivity index (χ0v) is 6.03. The quantitative estimate of drug-likeness (QED) is 0.386. The maximum absolute atomic E-state index is 11.3. The van der Waals surface area contributed by atoms with Crippen molar-refractivity contribution in [3.8, 4) is 0 Å². The van der Waals surface area contributed by atoms with Gasteiger partial charge in [-0.15, -0.1) is 0 Å². The minimum atomic E-state index is -0.939. The number of carbonyl (C=O) groups excluding carboxylic acids is 2. The highest BCUT2D eigenvalue weighted by atomic mass is 16.6. The van der Waals surface area contributed by atoms with Gasteiger partial charge in [0.15, 0.2) is 5.76 Å². The van der Waals surface area contributed by atoms with Crippen molar-refractivity contribution in [3.05, 3.63) is 24.0 Å². The van der Waals surface area contributed by atoms with E-state index in [1.54, 1.807) is 18.2 Å². The van der Waals surface area contributed by atoms with Crippen LogP contribution in [-0.2, 0) is 14.3 Å². The lowest BCUT2D eigenvalue weighted by Gasteiger charge is -2.03. The first kappa shape index (κ1) is 5.99. The summed E-state index contributed by atoms with van der Waals surface area (Å²) in [6.45, 7) is 0. The van der Waals surface area contributed by atoms with E-state index in [2.05, 4.69) is 5.32 Å². The highest BCUT2D eigenvalue weighted by Gasteiger charge is 2.71. The molecule has 0 saturated carbocycles. The van der Waals surface area contributed by atoms with E-state index in [4.69, 9.17) is 4.74 Å². The van der Waals surface area contributed by atoms with Crippen LogP contribution in [0.25, 0.3) is 0 Å². The molecule has 3 rings (SSSR count). The van der Waals surface area contributed by atoms with Gasteiger partial charge >= 0.3 is 0 Å². The Morgan fingerprint density at radius 1 is 1.50 bits per heavy atom. The second-order valence-corrected chi connectivity index (χ2v) is 3.05. The maximum atomic E-state index is 11.3. The second-order valence-electron chi connectivity index (χ2n) is 3.05. The molecule has 3 aliphatic rings. The number of carbonyl (C=O) groups is 2. The molecule has 2 saturated heterocycles. The Morgan fingerprint density at radius 3 is 3.08 bits per heavy atom. The van der Waals surface area contributed by atoms with Gasteiger partial charge < -0.3 is 4.74 Å². The highest BCUT2D eigenvalue weighted by molar-refractivity contribution is 6.14. The van der Waals surface area contributed by atoms with E-state index in [-0.39, 0.29) is 11.8 Å². The van der Waals surface area contributed by atoms with Crippen LogP contribution in [0, 0.1) is 5.92 Å². The molecule has 2 heterocycles. The van der Waals surface area contributed by atoms with Gasteiger partial charge in [0.1, 0.15) is 5.92 Å². The summed E-state index contributed by atoms with van der Waals surface area (Å²) in [7, 11) is 0. The van der Waals surface area contributed by atoms with Crippen LogP contribution in [0.4, 0.5) is 0 Å². The molecule has 2 unspecified atom stereocenters. The third kappa shape index (κ3) is 0.415. The molecule has 0 radical (unpaired) electrons. The topological polar surface area (TPSA) is 58.7 Å². The van der Waals surface area contributed by atoms with Crippen molar-refractivity contribution in [3.63, 3.8) is 0 Å². The molecule has 2 fully saturated rings. The van der Waals surface area contributed by atoms with E-state index >= 15 is 0 Å².